The minimum Gasteiger partial charge on any atom is -0.504 e. The molecule has 7 nitrogen and oxygen atoms in total. The summed E-state index contributed by atoms with van der Waals surface area (Å²) in [6.45, 7) is 1.89. The van der Waals surface area contributed by atoms with Gasteiger partial charge in [0.25, 0.3) is 0 Å². The van der Waals surface area contributed by atoms with Gasteiger partial charge in [-0.15, -0.1) is 0 Å². The average molecular weight is 432 g/mol. The zero-order valence-electron chi connectivity index (χ0n) is 18.1. The van der Waals surface area contributed by atoms with Gasteiger partial charge in [0.1, 0.15) is 5.75 Å². The number of phenolic OH excluding ortho intramolecular Hbond substituents is 1. The predicted octanol–water partition coefficient (Wildman–Crippen LogP) is 4.66. The molecule has 1 aliphatic carbocycles. The highest BCUT2D eigenvalue weighted by Gasteiger charge is 2.41. The number of anilines is 1. The maximum Gasteiger partial charge on any atom is 0.233 e. The molecule has 0 saturated heterocycles. The number of rotatable bonds is 4. The van der Waals surface area contributed by atoms with E-state index in [2.05, 4.69) is 10.5 Å². The molecule has 2 aliphatic rings. The van der Waals surface area contributed by atoms with Crippen LogP contribution in [0.5, 0.6) is 17.2 Å². The quantitative estimate of drug-likeness (QED) is 0.619. The molecule has 1 aliphatic heterocycles. The fourth-order valence-electron chi connectivity index (χ4n) is 4.79. The Labute approximate surface area is 185 Å². The van der Waals surface area contributed by atoms with Gasteiger partial charge in [0.05, 0.1) is 25.5 Å². The topological polar surface area (TPSA) is 93.8 Å². The van der Waals surface area contributed by atoms with Crippen LogP contribution < -0.4 is 14.8 Å². The third kappa shape index (κ3) is 3.21. The number of fused-ring (bicyclic) bond motifs is 1. The smallest absolute Gasteiger partial charge is 0.233 e. The minimum atomic E-state index is -0.249. The number of allylic oxidation sites excluding steroid dienone is 2. The third-order valence-corrected chi connectivity index (χ3v) is 6.38. The minimum absolute atomic E-state index is 0.0367. The summed E-state index contributed by atoms with van der Waals surface area (Å²) in [4.78, 5) is 13.5. The number of Topliss-reactive ketones (excluding diaryl/α,β-unsaturated/α-hetero) is 1. The van der Waals surface area contributed by atoms with Crippen molar-refractivity contribution in [1.82, 2.24) is 5.16 Å². The number of carbonyl (C=O) groups excluding carboxylic acids is 1. The zero-order valence-corrected chi connectivity index (χ0v) is 18.1. The lowest BCUT2D eigenvalue weighted by Gasteiger charge is -2.34. The molecule has 7 heteroatoms. The molecule has 1 aromatic heterocycles. The first-order chi connectivity index (χ1) is 15.5. The van der Waals surface area contributed by atoms with Crippen molar-refractivity contribution in [3.05, 3.63) is 76.1 Å². The van der Waals surface area contributed by atoms with E-state index in [9.17, 15) is 9.90 Å². The van der Waals surface area contributed by atoms with Gasteiger partial charge in [0, 0.05) is 23.6 Å². The second-order valence-corrected chi connectivity index (χ2v) is 8.19. The molecule has 2 unspecified atom stereocenters. The van der Waals surface area contributed by atoms with Gasteiger partial charge >= 0.3 is 0 Å². The van der Waals surface area contributed by atoms with Crippen molar-refractivity contribution in [2.24, 2.45) is 0 Å². The van der Waals surface area contributed by atoms with E-state index in [0.29, 0.717) is 24.5 Å². The van der Waals surface area contributed by atoms with Crippen molar-refractivity contribution in [1.29, 1.82) is 0 Å². The number of hydrogen-bond donors (Lipinski definition) is 2. The predicted molar refractivity (Wildman–Crippen MR) is 118 cm³/mol. The lowest BCUT2D eigenvalue weighted by Crippen LogP contribution is -2.29. The van der Waals surface area contributed by atoms with Crippen molar-refractivity contribution in [3.63, 3.8) is 0 Å². The molecule has 2 aromatic carbocycles. The van der Waals surface area contributed by atoms with Gasteiger partial charge in [-0.05, 0) is 54.7 Å². The fraction of sp³-hybridized carbons (Fsp3) is 0.280. The molecule has 5 rings (SSSR count). The number of carbonyl (C=O) groups is 1. The summed E-state index contributed by atoms with van der Waals surface area (Å²) < 4.78 is 16.1. The Kier molecular flexibility index (Phi) is 4.89. The summed E-state index contributed by atoms with van der Waals surface area (Å²) in [6.07, 6.45) is 1.02. The number of aromatic hydroxyl groups is 1. The van der Waals surface area contributed by atoms with Crippen LogP contribution in [-0.2, 0) is 4.79 Å². The summed E-state index contributed by atoms with van der Waals surface area (Å²) in [6, 6.07) is 13.0. The van der Waals surface area contributed by atoms with E-state index >= 15 is 0 Å². The van der Waals surface area contributed by atoms with Crippen molar-refractivity contribution < 1.29 is 23.9 Å². The Morgan fingerprint density at radius 3 is 2.53 bits per heavy atom. The summed E-state index contributed by atoms with van der Waals surface area (Å²) >= 11 is 0. The molecule has 2 atom stereocenters. The van der Waals surface area contributed by atoms with Gasteiger partial charge in [-0.2, -0.15) is 0 Å². The van der Waals surface area contributed by atoms with Crippen LogP contribution in [0.4, 0.5) is 5.88 Å². The molecule has 0 fully saturated rings. The first-order valence-electron chi connectivity index (χ1n) is 10.5. The molecule has 0 radical (unpaired) electrons. The van der Waals surface area contributed by atoms with Crippen molar-refractivity contribution in [2.45, 2.75) is 31.6 Å². The van der Waals surface area contributed by atoms with Crippen LogP contribution in [-0.4, -0.2) is 30.3 Å². The Hall–Kier alpha value is -3.74. The first-order valence-corrected chi connectivity index (χ1v) is 10.5. The Morgan fingerprint density at radius 2 is 1.81 bits per heavy atom. The van der Waals surface area contributed by atoms with Crippen LogP contribution >= 0.6 is 0 Å². The second kappa shape index (κ2) is 7.75. The lowest BCUT2D eigenvalue weighted by molar-refractivity contribution is -0.116. The molecular formula is C25H24N2O5. The molecule has 0 bridgehead atoms. The normalized spacial score (nSPS) is 19.8. The molecule has 0 amide bonds. The molecule has 2 heterocycles. The second-order valence-electron chi connectivity index (χ2n) is 8.19. The van der Waals surface area contributed by atoms with Gasteiger partial charge in [0.2, 0.25) is 5.88 Å². The van der Waals surface area contributed by atoms with Crippen molar-refractivity contribution in [2.75, 3.05) is 19.5 Å². The van der Waals surface area contributed by atoms with E-state index in [0.717, 1.165) is 39.4 Å². The SMILES string of the molecule is COc1ccc(C2C3=C(CC(c4ccc(O)c(OC)c4)CC3=O)Nc3onc(C)c32)cc1. The van der Waals surface area contributed by atoms with Gasteiger partial charge in [0.15, 0.2) is 17.3 Å². The third-order valence-electron chi connectivity index (χ3n) is 6.38. The molecule has 164 valence electrons. The van der Waals surface area contributed by atoms with Gasteiger partial charge in [-0.25, -0.2) is 0 Å². The standard InChI is InChI=1S/C25H24N2O5/c1-13-22-23(14-4-7-17(30-2)8-5-14)24-18(26-25(22)32-27-13)10-16(11-20(24)29)15-6-9-19(28)21(12-15)31-3/h4-9,12,16,23,26,28H,10-11H2,1-3H3. The van der Waals surface area contributed by atoms with E-state index in [1.165, 1.54) is 7.11 Å². The first kappa shape index (κ1) is 20.2. The Balaban J connectivity index is 1.58. The van der Waals surface area contributed by atoms with Crippen molar-refractivity contribution >= 4 is 11.7 Å². The van der Waals surface area contributed by atoms with E-state index in [-0.39, 0.29) is 23.4 Å². The highest BCUT2D eigenvalue weighted by Crippen LogP contribution is 2.49. The van der Waals surface area contributed by atoms with E-state index in [1.54, 1.807) is 19.2 Å². The van der Waals surface area contributed by atoms with Crippen LogP contribution in [0.25, 0.3) is 0 Å². The summed E-state index contributed by atoms with van der Waals surface area (Å²) in [5, 5.41) is 17.4. The van der Waals surface area contributed by atoms with Gasteiger partial charge in [-0.3, -0.25) is 4.79 Å². The molecule has 2 N–H and O–H groups in total. The van der Waals surface area contributed by atoms with Crippen LogP contribution in [0.15, 0.2) is 58.3 Å². The highest BCUT2D eigenvalue weighted by molar-refractivity contribution is 6.01. The fourth-order valence-corrected chi connectivity index (χ4v) is 4.79. The summed E-state index contributed by atoms with van der Waals surface area (Å²) in [5.41, 5.74) is 5.20. The zero-order chi connectivity index (χ0) is 22.4. The number of aryl methyl sites for hydroxylation is 1. The number of methoxy groups -OCH3 is 2. The maximum absolute atomic E-state index is 13.5. The number of benzene rings is 2. The number of hydrogen-bond acceptors (Lipinski definition) is 7. The Morgan fingerprint density at radius 1 is 1.06 bits per heavy atom. The monoisotopic (exact) mass is 432 g/mol. The Bertz CT molecular complexity index is 1230. The number of aromatic nitrogens is 1. The van der Waals surface area contributed by atoms with Crippen LogP contribution in [0, 0.1) is 6.92 Å². The summed E-state index contributed by atoms with van der Waals surface area (Å²) in [7, 11) is 3.15. The van der Waals surface area contributed by atoms with E-state index < -0.39 is 0 Å². The molecular weight excluding hydrogens is 408 g/mol. The number of nitrogens with one attached hydrogen (secondary N) is 1. The number of nitrogens with zero attached hydrogens (tertiary/aromatic N) is 1. The van der Waals surface area contributed by atoms with Crippen LogP contribution in [0.1, 0.15) is 47.1 Å². The van der Waals surface area contributed by atoms with E-state index in [4.69, 9.17) is 14.0 Å². The maximum atomic E-state index is 13.5. The van der Waals surface area contributed by atoms with Gasteiger partial charge < -0.3 is 24.4 Å². The summed E-state index contributed by atoms with van der Waals surface area (Å²) in [5.74, 6) is 1.62. The largest absolute Gasteiger partial charge is 0.504 e. The van der Waals surface area contributed by atoms with Crippen molar-refractivity contribution in [3.8, 4) is 17.2 Å². The van der Waals surface area contributed by atoms with Crippen LogP contribution in [0.3, 0.4) is 0 Å². The molecule has 0 spiro atoms. The molecule has 0 saturated carbocycles. The molecule has 32 heavy (non-hydrogen) atoms. The van der Waals surface area contributed by atoms with Crippen LogP contribution in [0.2, 0.25) is 0 Å². The average Bonchev–Trinajstić information content (AvgIpc) is 3.18. The number of phenols is 1. The lowest BCUT2D eigenvalue weighted by atomic mass is 9.72. The highest BCUT2D eigenvalue weighted by atomic mass is 16.5. The number of ether oxygens (including phenoxy) is 2. The van der Waals surface area contributed by atoms with Gasteiger partial charge in [-0.1, -0.05) is 23.4 Å². The molecule has 3 aromatic rings. The number of ketones is 1. The van der Waals surface area contributed by atoms with E-state index in [1.807, 2.05) is 37.3 Å².